The van der Waals surface area contributed by atoms with Crippen molar-refractivity contribution in [3.05, 3.63) is 55.8 Å². The molecule has 1 heterocycles. The van der Waals surface area contributed by atoms with Crippen LogP contribution in [0.15, 0.2) is 30.3 Å². The molecule has 18 heavy (non-hydrogen) atoms. The Balaban J connectivity index is 2.06. The van der Waals surface area contributed by atoms with Gasteiger partial charge in [0.15, 0.2) is 0 Å². The van der Waals surface area contributed by atoms with Crippen molar-refractivity contribution in [1.82, 2.24) is 0 Å². The predicted molar refractivity (Wildman–Crippen MR) is 74.2 cm³/mol. The fourth-order valence-corrected chi connectivity index (χ4v) is 2.65. The molecular weight excluding hydrogens is 248 g/mol. The summed E-state index contributed by atoms with van der Waals surface area (Å²) in [4.78, 5) is 12.8. The number of nitro benzene ring substituents is 1. The Hall–Kier alpha value is -1.88. The first-order valence-electron chi connectivity index (χ1n) is 5.60. The molecule has 0 saturated heterocycles. The van der Waals surface area contributed by atoms with Crippen molar-refractivity contribution in [3.8, 4) is 0 Å². The van der Waals surface area contributed by atoms with Crippen LogP contribution >= 0.6 is 11.3 Å². The van der Waals surface area contributed by atoms with Crippen molar-refractivity contribution in [1.29, 1.82) is 0 Å². The largest absolute Gasteiger partial charge is 0.380 e. The van der Waals surface area contributed by atoms with Gasteiger partial charge < -0.3 is 5.32 Å². The molecule has 0 aliphatic carbocycles. The van der Waals surface area contributed by atoms with Crippen molar-refractivity contribution in [3.63, 3.8) is 0 Å². The normalized spacial score (nSPS) is 10.3. The first kappa shape index (κ1) is 12.6. The molecule has 0 atom stereocenters. The van der Waals surface area contributed by atoms with Crippen LogP contribution in [0, 0.1) is 24.0 Å². The lowest BCUT2D eigenvalue weighted by molar-refractivity contribution is -0.384. The molecule has 4 nitrogen and oxygen atoms in total. The summed E-state index contributed by atoms with van der Waals surface area (Å²) in [5.74, 6) is 0. The minimum absolute atomic E-state index is 0.110. The Morgan fingerprint density at radius 2 is 2.11 bits per heavy atom. The lowest BCUT2D eigenvalue weighted by Gasteiger charge is -2.04. The summed E-state index contributed by atoms with van der Waals surface area (Å²) in [6, 6.07) is 8.70. The molecule has 2 aromatic rings. The maximum absolute atomic E-state index is 10.7. The Kier molecular flexibility index (Phi) is 3.62. The first-order chi connectivity index (χ1) is 8.56. The molecule has 0 spiro atoms. The average Bonchev–Trinajstić information content (AvgIpc) is 2.67. The maximum atomic E-state index is 10.7. The van der Waals surface area contributed by atoms with Crippen molar-refractivity contribution in [2.24, 2.45) is 0 Å². The minimum Gasteiger partial charge on any atom is -0.380 e. The van der Waals surface area contributed by atoms with Gasteiger partial charge in [0.1, 0.15) is 0 Å². The molecule has 0 radical (unpaired) electrons. The number of anilines is 1. The molecular formula is C13H14N2O2S. The highest BCUT2D eigenvalue weighted by Gasteiger charge is 2.06. The van der Waals surface area contributed by atoms with E-state index in [9.17, 15) is 10.1 Å². The number of rotatable bonds is 4. The number of nitrogens with zero attached hydrogens (tertiary/aromatic N) is 1. The molecule has 0 saturated carbocycles. The summed E-state index contributed by atoms with van der Waals surface area (Å²) >= 11 is 1.75. The van der Waals surface area contributed by atoms with Gasteiger partial charge in [-0.2, -0.15) is 0 Å². The molecule has 1 aromatic carbocycles. The van der Waals surface area contributed by atoms with E-state index in [4.69, 9.17) is 0 Å². The van der Waals surface area contributed by atoms with Crippen LogP contribution in [0.1, 0.15) is 15.3 Å². The van der Waals surface area contributed by atoms with Gasteiger partial charge in [-0.05, 0) is 31.5 Å². The lowest BCUT2D eigenvalue weighted by atomic mass is 10.2. The molecule has 2 rings (SSSR count). The molecule has 0 unspecified atom stereocenters. The van der Waals surface area contributed by atoms with Gasteiger partial charge in [0, 0.05) is 34.1 Å². The van der Waals surface area contributed by atoms with E-state index in [1.807, 2.05) is 6.07 Å². The van der Waals surface area contributed by atoms with Crippen LogP contribution in [0.5, 0.6) is 0 Å². The third kappa shape index (κ3) is 2.87. The number of nitro groups is 1. The summed E-state index contributed by atoms with van der Waals surface area (Å²) < 4.78 is 0. The highest BCUT2D eigenvalue weighted by molar-refractivity contribution is 7.12. The number of hydrogen-bond acceptors (Lipinski definition) is 4. The third-order valence-corrected chi connectivity index (χ3v) is 3.89. The SMILES string of the molecule is Cc1cc(CNc2cccc([N+](=O)[O-])c2)sc1C. The Bertz CT molecular complexity index is 559. The van der Waals surface area contributed by atoms with Crippen molar-refractivity contribution in [2.45, 2.75) is 20.4 Å². The van der Waals surface area contributed by atoms with E-state index in [1.165, 1.54) is 21.4 Å². The number of benzene rings is 1. The van der Waals surface area contributed by atoms with E-state index in [-0.39, 0.29) is 10.6 Å². The molecule has 0 amide bonds. The topological polar surface area (TPSA) is 55.2 Å². The fraction of sp³-hybridized carbons (Fsp3) is 0.231. The summed E-state index contributed by atoms with van der Waals surface area (Å²) in [5, 5.41) is 13.9. The monoisotopic (exact) mass is 262 g/mol. The number of nitrogens with one attached hydrogen (secondary N) is 1. The van der Waals surface area contributed by atoms with E-state index in [1.54, 1.807) is 23.5 Å². The number of non-ortho nitro benzene ring substituents is 1. The van der Waals surface area contributed by atoms with Crippen LogP contribution in [-0.4, -0.2) is 4.92 Å². The zero-order valence-electron chi connectivity index (χ0n) is 10.3. The summed E-state index contributed by atoms with van der Waals surface area (Å²) in [6.07, 6.45) is 0. The predicted octanol–water partition coefficient (Wildman–Crippen LogP) is 3.89. The minimum atomic E-state index is -0.384. The van der Waals surface area contributed by atoms with Gasteiger partial charge in [-0.25, -0.2) is 0 Å². The fourth-order valence-electron chi connectivity index (χ4n) is 1.66. The summed E-state index contributed by atoms with van der Waals surface area (Å²) in [5.41, 5.74) is 2.17. The second-order valence-electron chi connectivity index (χ2n) is 4.11. The maximum Gasteiger partial charge on any atom is 0.271 e. The number of thiophene rings is 1. The molecule has 1 N–H and O–H groups in total. The third-order valence-electron chi connectivity index (χ3n) is 2.74. The van der Waals surface area contributed by atoms with Gasteiger partial charge in [-0.1, -0.05) is 6.07 Å². The molecule has 0 aliphatic rings. The van der Waals surface area contributed by atoms with Gasteiger partial charge in [-0.15, -0.1) is 11.3 Å². The number of hydrogen-bond donors (Lipinski definition) is 1. The van der Waals surface area contributed by atoms with Gasteiger partial charge in [0.2, 0.25) is 0 Å². The van der Waals surface area contributed by atoms with E-state index in [0.717, 1.165) is 5.69 Å². The summed E-state index contributed by atoms with van der Waals surface area (Å²) in [7, 11) is 0. The molecule has 1 aromatic heterocycles. The summed E-state index contributed by atoms with van der Waals surface area (Å²) in [6.45, 7) is 4.88. The Morgan fingerprint density at radius 3 is 2.72 bits per heavy atom. The molecule has 5 heteroatoms. The van der Waals surface area contributed by atoms with Crippen molar-refractivity contribution < 1.29 is 4.92 Å². The highest BCUT2D eigenvalue weighted by Crippen LogP contribution is 2.22. The second-order valence-corrected chi connectivity index (χ2v) is 5.45. The molecule has 0 bridgehead atoms. The van der Waals surface area contributed by atoms with Crippen LogP contribution in [0.4, 0.5) is 11.4 Å². The Morgan fingerprint density at radius 1 is 1.33 bits per heavy atom. The van der Waals surface area contributed by atoms with Crippen LogP contribution in [-0.2, 0) is 6.54 Å². The highest BCUT2D eigenvalue weighted by atomic mass is 32.1. The van der Waals surface area contributed by atoms with Gasteiger partial charge in [0.05, 0.1) is 4.92 Å². The van der Waals surface area contributed by atoms with Gasteiger partial charge in [0.25, 0.3) is 5.69 Å². The lowest BCUT2D eigenvalue weighted by Crippen LogP contribution is -1.98. The zero-order chi connectivity index (χ0) is 13.1. The number of aryl methyl sites for hydroxylation is 2. The van der Waals surface area contributed by atoms with Gasteiger partial charge >= 0.3 is 0 Å². The molecule has 0 aliphatic heterocycles. The van der Waals surface area contributed by atoms with Crippen molar-refractivity contribution in [2.75, 3.05) is 5.32 Å². The van der Waals surface area contributed by atoms with Crippen LogP contribution in [0.3, 0.4) is 0 Å². The standard InChI is InChI=1S/C13H14N2O2S/c1-9-6-13(18-10(9)2)8-14-11-4-3-5-12(7-11)15(16)17/h3-7,14H,8H2,1-2H3. The van der Waals surface area contributed by atoms with Crippen LogP contribution in [0.2, 0.25) is 0 Å². The van der Waals surface area contributed by atoms with Crippen LogP contribution in [0.25, 0.3) is 0 Å². The zero-order valence-corrected chi connectivity index (χ0v) is 11.1. The Labute approximate surface area is 109 Å². The smallest absolute Gasteiger partial charge is 0.271 e. The average molecular weight is 262 g/mol. The molecule has 0 fully saturated rings. The quantitative estimate of drug-likeness (QED) is 0.672. The van der Waals surface area contributed by atoms with E-state index < -0.39 is 0 Å². The molecule has 94 valence electrons. The van der Waals surface area contributed by atoms with E-state index in [0.29, 0.717) is 6.54 Å². The van der Waals surface area contributed by atoms with E-state index >= 15 is 0 Å². The van der Waals surface area contributed by atoms with Gasteiger partial charge in [-0.3, -0.25) is 10.1 Å². The van der Waals surface area contributed by atoms with Crippen molar-refractivity contribution >= 4 is 22.7 Å². The first-order valence-corrected chi connectivity index (χ1v) is 6.42. The van der Waals surface area contributed by atoms with E-state index in [2.05, 4.69) is 25.2 Å². The van der Waals surface area contributed by atoms with Crippen LogP contribution < -0.4 is 5.32 Å². The second kappa shape index (κ2) is 5.18.